The van der Waals surface area contributed by atoms with Crippen molar-refractivity contribution in [2.45, 2.75) is 51.2 Å². The number of anilines is 1. The molecule has 3 fully saturated rings. The summed E-state index contributed by atoms with van der Waals surface area (Å²) in [5, 5.41) is 14.6. The van der Waals surface area contributed by atoms with E-state index < -0.39 is 5.92 Å². The maximum absolute atomic E-state index is 12.4. The van der Waals surface area contributed by atoms with E-state index in [-0.39, 0.29) is 12.1 Å². The molecule has 5 rings (SSSR count). The highest BCUT2D eigenvalue weighted by atomic mass is 16.5. The molecule has 1 aliphatic carbocycles. The lowest BCUT2D eigenvalue weighted by atomic mass is 10.1. The monoisotopic (exact) mass is 353 g/mol. The highest BCUT2D eigenvalue weighted by Gasteiger charge is 2.35. The Labute approximate surface area is 152 Å². The maximum atomic E-state index is 12.4. The highest BCUT2D eigenvalue weighted by molar-refractivity contribution is 6.04. The van der Waals surface area contributed by atoms with Crippen LogP contribution in [0.2, 0.25) is 0 Å². The Bertz CT molecular complexity index is 829. The van der Waals surface area contributed by atoms with Gasteiger partial charge in [0.2, 0.25) is 5.91 Å². The molecule has 0 N–H and O–H groups in total. The van der Waals surface area contributed by atoms with E-state index in [0.29, 0.717) is 18.8 Å². The van der Waals surface area contributed by atoms with Gasteiger partial charge >= 0.3 is 0 Å². The molecule has 26 heavy (non-hydrogen) atoms. The van der Waals surface area contributed by atoms with Crippen molar-refractivity contribution < 1.29 is 9.53 Å². The summed E-state index contributed by atoms with van der Waals surface area (Å²) < 4.78 is 7.67. The molecule has 0 bridgehead atoms. The van der Waals surface area contributed by atoms with Crippen LogP contribution in [0.4, 0.5) is 5.82 Å². The third kappa shape index (κ3) is 3.29. The van der Waals surface area contributed by atoms with Gasteiger partial charge in [-0.1, -0.05) is 19.3 Å². The molecule has 3 aliphatic rings. The molecule has 1 saturated carbocycles. The number of rotatable bonds is 2. The molecule has 2 unspecified atom stereocenters. The van der Waals surface area contributed by atoms with Crippen LogP contribution < -0.4 is 4.90 Å². The Morgan fingerprint density at radius 3 is 2.69 bits per heavy atom. The quantitative estimate of drug-likeness (QED) is 0.828. The molecule has 2 aromatic rings. The Kier molecular flexibility index (Phi) is 4.85. The third-order valence-corrected chi connectivity index (χ3v) is 4.89. The number of carbonyl (C=O) groups is 1. The van der Waals surface area contributed by atoms with Gasteiger partial charge in [0.05, 0.1) is 17.8 Å². The maximum Gasteiger partial charge on any atom is 0.245 e. The molecule has 2 saturated heterocycles. The summed E-state index contributed by atoms with van der Waals surface area (Å²) in [6, 6.07) is 3.93. The van der Waals surface area contributed by atoms with Gasteiger partial charge in [-0.05, 0) is 31.7 Å². The number of pyridine rings is 1. The number of fused-ring (bicyclic) bond motifs is 1. The first-order valence-corrected chi connectivity index (χ1v) is 9.44. The van der Waals surface area contributed by atoms with Gasteiger partial charge in [-0.2, -0.15) is 10.4 Å². The van der Waals surface area contributed by atoms with Crippen LogP contribution in [0.5, 0.6) is 0 Å². The van der Waals surface area contributed by atoms with Crippen molar-refractivity contribution in [3.8, 4) is 6.07 Å². The second-order valence-electron chi connectivity index (χ2n) is 7.00. The van der Waals surface area contributed by atoms with E-state index in [1.165, 1.54) is 19.3 Å². The molecule has 0 aromatic carbocycles. The van der Waals surface area contributed by atoms with Crippen molar-refractivity contribution in [1.29, 1.82) is 5.26 Å². The minimum absolute atomic E-state index is 0.117. The van der Waals surface area contributed by atoms with Crippen molar-refractivity contribution in [3.63, 3.8) is 0 Å². The number of nitriles is 1. The molecule has 7 nitrogen and oxygen atoms in total. The van der Waals surface area contributed by atoms with E-state index in [4.69, 9.17) is 10.00 Å². The standard InChI is InChI=1S/C16H17N5O2.C3H6/c17-9-11-5-7-20(16(11)22)15-12-4-6-18-10-13(12)21(19-15)14-3-1-2-8-23-14;1-2-3-1/h4,6,10-11,14H,1-3,5,7-8H2;1-3H2. The summed E-state index contributed by atoms with van der Waals surface area (Å²) >= 11 is 0. The number of hydrogen-bond acceptors (Lipinski definition) is 5. The lowest BCUT2D eigenvalue weighted by molar-refractivity contribution is -0.119. The molecule has 2 aromatic heterocycles. The molecule has 136 valence electrons. The van der Waals surface area contributed by atoms with Crippen molar-refractivity contribution >= 4 is 22.6 Å². The molecule has 0 spiro atoms. The van der Waals surface area contributed by atoms with Gasteiger partial charge in [-0.25, -0.2) is 4.68 Å². The minimum Gasteiger partial charge on any atom is -0.356 e. The van der Waals surface area contributed by atoms with Crippen LogP contribution >= 0.6 is 0 Å². The van der Waals surface area contributed by atoms with Crippen LogP contribution in [-0.2, 0) is 9.53 Å². The molecular formula is C19H23N5O2. The lowest BCUT2D eigenvalue weighted by Crippen LogP contribution is -2.27. The zero-order chi connectivity index (χ0) is 17.9. The first-order chi connectivity index (χ1) is 12.8. The summed E-state index contributed by atoms with van der Waals surface area (Å²) in [5.74, 6) is -0.122. The average molecular weight is 353 g/mol. The third-order valence-electron chi connectivity index (χ3n) is 4.89. The number of ether oxygens (including phenoxy) is 1. The average Bonchev–Trinajstić information content (AvgIpc) is 3.47. The number of nitrogens with zero attached hydrogens (tertiary/aromatic N) is 5. The van der Waals surface area contributed by atoms with Gasteiger partial charge in [0.1, 0.15) is 5.92 Å². The fourth-order valence-corrected chi connectivity index (χ4v) is 3.31. The lowest BCUT2D eigenvalue weighted by Gasteiger charge is -2.23. The summed E-state index contributed by atoms with van der Waals surface area (Å²) in [5.41, 5.74) is 0.864. The smallest absolute Gasteiger partial charge is 0.245 e. The second-order valence-corrected chi connectivity index (χ2v) is 7.00. The number of amides is 1. The molecule has 2 aliphatic heterocycles. The van der Waals surface area contributed by atoms with Crippen LogP contribution in [0.15, 0.2) is 18.5 Å². The van der Waals surface area contributed by atoms with E-state index in [1.807, 2.05) is 10.7 Å². The van der Waals surface area contributed by atoms with Crippen LogP contribution in [0.1, 0.15) is 51.2 Å². The van der Waals surface area contributed by atoms with Gasteiger partial charge in [-0.15, -0.1) is 0 Å². The SMILES string of the molecule is C1CC1.N#CC1CCN(c2nn(C3CCCCO3)c3cnccc23)C1=O. The Hall–Kier alpha value is -2.46. The van der Waals surface area contributed by atoms with Gasteiger partial charge in [0, 0.05) is 24.7 Å². The topological polar surface area (TPSA) is 84.0 Å². The first kappa shape index (κ1) is 17.0. The molecule has 0 radical (unpaired) electrons. The predicted octanol–water partition coefficient (Wildman–Crippen LogP) is 3.18. The Morgan fingerprint density at radius 2 is 2.04 bits per heavy atom. The largest absolute Gasteiger partial charge is 0.356 e. The number of carbonyl (C=O) groups excluding carboxylic acids is 1. The van der Waals surface area contributed by atoms with E-state index >= 15 is 0 Å². The fraction of sp³-hybridized carbons (Fsp3) is 0.579. The van der Waals surface area contributed by atoms with Crippen molar-refractivity contribution in [2.24, 2.45) is 5.92 Å². The van der Waals surface area contributed by atoms with Gasteiger partial charge < -0.3 is 4.74 Å². The molecule has 2 atom stereocenters. The molecule has 1 amide bonds. The van der Waals surface area contributed by atoms with Crippen molar-refractivity contribution in [2.75, 3.05) is 18.1 Å². The fourth-order valence-electron chi connectivity index (χ4n) is 3.31. The normalized spacial score (nSPS) is 24.9. The van der Waals surface area contributed by atoms with Crippen LogP contribution in [-0.4, -0.2) is 33.8 Å². The predicted molar refractivity (Wildman–Crippen MR) is 96.3 cm³/mol. The first-order valence-electron chi connectivity index (χ1n) is 9.44. The van der Waals surface area contributed by atoms with Gasteiger partial charge in [-0.3, -0.25) is 14.7 Å². The van der Waals surface area contributed by atoms with E-state index in [0.717, 1.165) is 36.8 Å². The molecular weight excluding hydrogens is 330 g/mol. The van der Waals surface area contributed by atoms with Crippen molar-refractivity contribution in [3.05, 3.63) is 18.5 Å². The number of aromatic nitrogens is 3. The zero-order valence-corrected chi connectivity index (χ0v) is 14.8. The van der Waals surface area contributed by atoms with Crippen LogP contribution in [0, 0.1) is 17.2 Å². The zero-order valence-electron chi connectivity index (χ0n) is 14.8. The van der Waals surface area contributed by atoms with Gasteiger partial charge in [0.25, 0.3) is 0 Å². The Balaban J connectivity index is 0.000000510. The summed E-state index contributed by atoms with van der Waals surface area (Å²) in [6.07, 6.45) is 11.5. The summed E-state index contributed by atoms with van der Waals surface area (Å²) in [4.78, 5) is 18.2. The molecule has 7 heteroatoms. The summed E-state index contributed by atoms with van der Waals surface area (Å²) in [6.45, 7) is 1.25. The second kappa shape index (κ2) is 7.42. The Morgan fingerprint density at radius 1 is 1.19 bits per heavy atom. The molecule has 4 heterocycles. The van der Waals surface area contributed by atoms with Crippen LogP contribution in [0.25, 0.3) is 10.9 Å². The van der Waals surface area contributed by atoms with E-state index in [2.05, 4.69) is 16.2 Å². The van der Waals surface area contributed by atoms with E-state index in [1.54, 1.807) is 17.3 Å². The minimum atomic E-state index is -0.567. The van der Waals surface area contributed by atoms with Crippen LogP contribution in [0.3, 0.4) is 0 Å². The van der Waals surface area contributed by atoms with E-state index in [9.17, 15) is 4.79 Å². The summed E-state index contributed by atoms with van der Waals surface area (Å²) in [7, 11) is 0. The van der Waals surface area contributed by atoms with Crippen molar-refractivity contribution in [1.82, 2.24) is 14.8 Å². The van der Waals surface area contributed by atoms with Gasteiger partial charge in [0.15, 0.2) is 12.0 Å². The highest BCUT2D eigenvalue weighted by Crippen LogP contribution is 2.34. The number of hydrogen-bond donors (Lipinski definition) is 0.